The summed E-state index contributed by atoms with van der Waals surface area (Å²) in [7, 11) is 0. The van der Waals surface area contributed by atoms with Crippen molar-refractivity contribution in [3.05, 3.63) is 34.4 Å². The number of carbonyl (C=O) groups is 2. The number of hydrogen-bond acceptors (Lipinski definition) is 6. The van der Waals surface area contributed by atoms with Gasteiger partial charge in [0.2, 0.25) is 5.91 Å². The zero-order valence-electron chi connectivity index (χ0n) is 13.0. The van der Waals surface area contributed by atoms with E-state index in [1.165, 1.54) is 6.07 Å². The van der Waals surface area contributed by atoms with Crippen LogP contribution < -0.4 is 10.6 Å². The zero-order chi connectivity index (χ0) is 17.1. The number of benzene rings is 1. The number of hydrogen-bond donors (Lipinski definition) is 2. The topological polar surface area (TPSA) is 111 Å². The van der Waals surface area contributed by atoms with Gasteiger partial charge in [-0.1, -0.05) is 12.1 Å². The molecule has 1 rings (SSSR count). The van der Waals surface area contributed by atoms with Gasteiger partial charge in [0, 0.05) is 32.0 Å². The van der Waals surface area contributed by atoms with Gasteiger partial charge in [-0.3, -0.25) is 19.7 Å². The molecule has 0 heterocycles. The number of rotatable bonds is 10. The predicted molar refractivity (Wildman–Crippen MR) is 85.1 cm³/mol. The third-order valence-electron chi connectivity index (χ3n) is 2.95. The second-order valence-electron chi connectivity index (χ2n) is 4.71. The molecule has 126 valence electrons. The van der Waals surface area contributed by atoms with Gasteiger partial charge in [-0.25, -0.2) is 0 Å². The SMILES string of the molecule is CCOC(=O)CCCNC(=O)CCNc1ccccc1[N+](=O)[O-]. The maximum absolute atomic E-state index is 11.6. The monoisotopic (exact) mass is 323 g/mol. The summed E-state index contributed by atoms with van der Waals surface area (Å²) < 4.78 is 4.78. The molecule has 0 fully saturated rings. The molecular formula is C15H21N3O5. The number of esters is 1. The number of amides is 1. The van der Waals surface area contributed by atoms with Gasteiger partial charge in [-0.15, -0.1) is 0 Å². The van der Waals surface area contributed by atoms with Crippen LogP contribution in [0.2, 0.25) is 0 Å². The lowest BCUT2D eigenvalue weighted by Crippen LogP contribution is -2.26. The van der Waals surface area contributed by atoms with Crippen LogP contribution in [0.3, 0.4) is 0 Å². The lowest BCUT2D eigenvalue weighted by atomic mass is 10.2. The van der Waals surface area contributed by atoms with E-state index in [2.05, 4.69) is 10.6 Å². The summed E-state index contributed by atoms with van der Waals surface area (Å²) in [6.45, 7) is 2.77. The Bertz CT molecular complexity index is 548. The van der Waals surface area contributed by atoms with Crippen LogP contribution in [0.25, 0.3) is 0 Å². The zero-order valence-corrected chi connectivity index (χ0v) is 13.0. The van der Waals surface area contributed by atoms with Gasteiger partial charge in [-0.2, -0.15) is 0 Å². The summed E-state index contributed by atoms with van der Waals surface area (Å²) in [6.07, 6.45) is 0.968. The van der Waals surface area contributed by atoms with Gasteiger partial charge in [0.05, 0.1) is 11.5 Å². The highest BCUT2D eigenvalue weighted by Gasteiger charge is 2.12. The maximum atomic E-state index is 11.6. The van der Waals surface area contributed by atoms with Crippen LogP contribution in [-0.4, -0.2) is 36.5 Å². The third kappa shape index (κ3) is 7.25. The Kier molecular flexibility index (Phi) is 8.12. The van der Waals surface area contributed by atoms with Crippen molar-refractivity contribution in [3.63, 3.8) is 0 Å². The van der Waals surface area contributed by atoms with Crippen LogP contribution in [-0.2, 0) is 14.3 Å². The highest BCUT2D eigenvalue weighted by molar-refractivity contribution is 5.76. The first kappa shape index (κ1) is 18.4. The van der Waals surface area contributed by atoms with Gasteiger partial charge in [0.15, 0.2) is 0 Å². The minimum absolute atomic E-state index is 0.0256. The van der Waals surface area contributed by atoms with Crippen molar-refractivity contribution in [1.29, 1.82) is 0 Å². The Morgan fingerprint density at radius 2 is 1.96 bits per heavy atom. The highest BCUT2D eigenvalue weighted by Crippen LogP contribution is 2.22. The Hall–Kier alpha value is -2.64. The second kappa shape index (κ2) is 10.1. The number of nitro groups is 1. The molecule has 0 atom stereocenters. The Labute approximate surface area is 134 Å². The molecule has 0 aliphatic rings. The number of nitro benzene ring substituents is 1. The molecule has 0 aliphatic heterocycles. The summed E-state index contributed by atoms with van der Waals surface area (Å²) >= 11 is 0. The van der Waals surface area contributed by atoms with Crippen LogP contribution in [0.1, 0.15) is 26.2 Å². The molecule has 0 spiro atoms. The lowest BCUT2D eigenvalue weighted by molar-refractivity contribution is -0.384. The average molecular weight is 323 g/mol. The summed E-state index contributed by atoms with van der Waals surface area (Å²) in [5.74, 6) is -0.459. The molecule has 8 nitrogen and oxygen atoms in total. The first-order valence-electron chi connectivity index (χ1n) is 7.44. The number of carbonyl (C=O) groups excluding carboxylic acids is 2. The van der Waals surface area contributed by atoms with Crippen molar-refractivity contribution in [2.45, 2.75) is 26.2 Å². The highest BCUT2D eigenvalue weighted by atomic mass is 16.6. The van der Waals surface area contributed by atoms with Crippen molar-refractivity contribution in [2.75, 3.05) is 25.0 Å². The average Bonchev–Trinajstić information content (AvgIpc) is 2.52. The van der Waals surface area contributed by atoms with Crippen molar-refractivity contribution >= 4 is 23.3 Å². The summed E-state index contributed by atoms with van der Waals surface area (Å²) in [5, 5.41) is 16.4. The molecule has 2 N–H and O–H groups in total. The predicted octanol–water partition coefficient (Wildman–Crippen LogP) is 1.86. The molecule has 0 aromatic heterocycles. The van der Waals surface area contributed by atoms with E-state index in [4.69, 9.17) is 4.74 Å². The Morgan fingerprint density at radius 3 is 2.65 bits per heavy atom. The normalized spacial score (nSPS) is 9.96. The van der Waals surface area contributed by atoms with Crippen LogP contribution >= 0.6 is 0 Å². The van der Waals surface area contributed by atoms with E-state index in [1.54, 1.807) is 25.1 Å². The molecule has 1 aromatic rings. The fourth-order valence-electron chi connectivity index (χ4n) is 1.88. The minimum Gasteiger partial charge on any atom is -0.466 e. The Balaban J connectivity index is 2.22. The van der Waals surface area contributed by atoms with Gasteiger partial charge in [-0.05, 0) is 19.4 Å². The first-order valence-corrected chi connectivity index (χ1v) is 7.44. The van der Waals surface area contributed by atoms with E-state index < -0.39 is 4.92 Å². The van der Waals surface area contributed by atoms with Crippen LogP contribution in [0.5, 0.6) is 0 Å². The fourth-order valence-corrected chi connectivity index (χ4v) is 1.88. The van der Waals surface area contributed by atoms with Gasteiger partial charge in [0.1, 0.15) is 5.69 Å². The molecule has 0 aliphatic carbocycles. The fraction of sp³-hybridized carbons (Fsp3) is 0.467. The van der Waals surface area contributed by atoms with Gasteiger partial charge < -0.3 is 15.4 Å². The standard InChI is InChI=1S/C15H21N3O5/c1-2-23-15(20)8-5-10-17-14(19)9-11-16-12-6-3-4-7-13(12)18(21)22/h3-4,6-7,16H,2,5,8-11H2,1H3,(H,17,19). The van der Waals surface area contributed by atoms with E-state index in [9.17, 15) is 19.7 Å². The molecule has 8 heteroatoms. The molecule has 0 unspecified atom stereocenters. The van der Waals surface area contributed by atoms with Gasteiger partial charge >= 0.3 is 5.97 Å². The second-order valence-corrected chi connectivity index (χ2v) is 4.71. The summed E-state index contributed by atoms with van der Waals surface area (Å²) in [5.41, 5.74) is 0.356. The number of para-hydroxylation sites is 2. The quantitative estimate of drug-likeness (QED) is 0.294. The molecule has 0 saturated carbocycles. The van der Waals surface area contributed by atoms with E-state index >= 15 is 0 Å². The van der Waals surface area contributed by atoms with Crippen molar-refractivity contribution in [2.24, 2.45) is 0 Å². The summed E-state index contributed by atoms with van der Waals surface area (Å²) in [6, 6.07) is 6.26. The largest absolute Gasteiger partial charge is 0.466 e. The molecule has 23 heavy (non-hydrogen) atoms. The summed E-state index contributed by atoms with van der Waals surface area (Å²) in [4.78, 5) is 33.1. The van der Waals surface area contributed by atoms with Crippen LogP contribution in [0.15, 0.2) is 24.3 Å². The number of nitrogens with one attached hydrogen (secondary N) is 2. The smallest absolute Gasteiger partial charge is 0.305 e. The lowest BCUT2D eigenvalue weighted by Gasteiger charge is -2.08. The van der Waals surface area contributed by atoms with Crippen molar-refractivity contribution < 1.29 is 19.2 Å². The van der Waals surface area contributed by atoms with Crippen molar-refractivity contribution in [1.82, 2.24) is 5.32 Å². The molecular weight excluding hydrogens is 302 g/mol. The first-order chi connectivity index (χ1) is 11.0. The molecule has 1 amide bonds. The van der Waals surface area contributed by atoms with Crippen molar-refractivity contribution in [3.8, 4) is 0 Å². The van der Waals surface area contributed by atoms with Crippen LogP contribution in [0.4, 0.5) is 11.4 Å². The minimum atomic E-state index is -0.474. The third-order valence-corrected chi connectivity index (χ3v) is 2.95. The number of nitrogens with zero attached hydrogens (tertiary/aromatic N) is 1. The van der Waals surface area contributed by atoms with E-state index in [0.717, 1.165) is 0 Å². The van der Waals surface area contributed by atoms with E-state index in [-0.39, 0.29) is 37.0 Å². The number of ether oxygens (including phenoxy) is 1. The Morgan fingerprint density at radius 1 is 1.22 bits per heavy atom. The molecule has 0 radical (unpaired) electrons. The van der Waals surface area contributed by atoms with E-state index in [1.807, 2.05) is 0 Å². The van der Waals surface area contributed by atoms with E-state index in [0.29, 0.717) is 25.3 Å². The van der Waals surface area contributed by atoms with Crippen LogP contribution in [0, 0.1) is 10.1 Å². The maximum Gasteiger partial charge on any atom is 0.305 e. The molecule has 0 saturated heterocycles. The molecule has 0 bridgehead atoms. The van der Waals surface area contributed by atoms with Gasteiger partial charge in [0.25, 0.3) is 5.69 Å². The number of anilines is 1. The molecule has 1 aromatic carbocycles.